The van der Waals surface area contributed by atoms with Gasteiger partial charge in [-0.25, -0.2) is 4.98 Å². The van der Waals surface area contributed by atoms with Gasteiger partial charge >= 0.3 is 0 Å². The summed E-state index contributed by atoms with van der Waals surface area (Å²) in [6.45, 7) is 1.31. The van der Waals surface area contributed by atoms with Crippen LogP contribution in [-0.4, -0.2) is 25.7 Å². The van der Waals surface area contributed by atoms with Crippen molar-refractivity contribution in [3.8, 4) is 0 Å². The maximum Gasteiger partial charge on any atom is 0.270 e. The number of aryl methyl sites for hydroxylation is 1. The van der Waals surface area contributed by atoms with Crippen molar-refractivity contribution in [2.45, 2.75) is 32.4 Å². The van der Waals surface area contributed by atoms with E-state index in [2.05, 4.69) is 25.1 Å². The standard InChI is InChI=1S/C17H17N5O/c23-17(14-9-8-12-5-1-2-6-13(12)19-14)18-11-16-21-20-15-7-3-4-10-22(15)16/h1-2,5-6,8-9H,3-4,7,10-11H2,(H,18,23). The van der Waals surface area contributed by atoms with E-state index in [1.165, 1.54) is 0 Å². The lowest BCUT2D eigenvalue weighted by molar-refractivity contribution is 0.0944. The van der Waals surface area contributed by atoms with E-state index < -0.39 is 0 Å². The molecule has 0 unspecified atom stereocenters. The van der Waals surface area contributed by atoms with Crippen LogP contribution in [0.5, 0.6) is 0 Å². The van der Waals surface area contributed by atoms with Crippen molar-refractivity contribution in [3.63, 3.8) is 0 Å². The largest absolute Gasteiger partial charge is 0.343 e. The van der Waals surface area contributed by atoms with E-state index in [1.807, 2.05) is 30.3 Å². The van der Waals surface area contributed by atoms with Crippen molar-refractivity contribution >= 4 is 16.8 Å². The first-order valence-corrected chi connectivity index (χ1v) is 7.86. The zero-order chi connectivity index (χ0) is 15.6. The molecule has 6 nitrogen and oxygen atoms in total. The van der Waals surface area contributed by atoms with Gasteiger partial charge in [-0.15, -0.1) is 10.2 Å². The van der Waals surface area contributed by atoms with E-state index in [4.69, 9.17) is 0 Å². The van der Waals surface area contributed by atoms with Crippen molar-refractivity contribution in [2.24, 2.45) is 0 Å². The number of nitrogens with one attached hydrogen (secondary N) is 1. The van der Waals surface area contributed by atoms with Crippen LogP contribution in [0.25, 0.3) is 10.9 Å². The Bertz CT molecular complexity index is 870. The predicted octanol–water partition coefficient (Wildman–Crippen LogP) is 2.09. The van der Waals surface area contributed by atoms with Gasteiger partial charge in [-0.2, -0.15) is 0 Å². The Morgan fingerprint density at radius 1 is 1.13 bits per heavy atom. The number of hydrogen-bond acceptors (Lipinski definition) is 4. The Labute approximate surface area is 133 Å². The number of carbonyl (C=O) groups is 1. The Morgan fingerprint density at radius 3 is 3.00 bits per heavy atom. The fraction of sp³-hybridized carbons (Fsp3) is 0.294. The Hall–Kier alpha value is -2.76. The molecule has 0 atom stereocenters. The van der Waals surface area contributed by atoms with Crippen LogP contribution in [0.2, 0.25) is 0 Å². The summed E-state index contributed by atoms with van der Waals surface area (Å²) in [5.41, 5.74) is 1.24. The molecule has 1 aliphatic heterocycles. The number of amides is 1. The minimum absolute atomic E-state index is 0.191. The summed E-state index contributed by atoms with van der Waals surface area (Å²) in [4.78, 5) is 16.7. The third-order valence-corrected chi connectivity index (χ3v) is 4.17. The summed E-state index contributed by atoms with van der Waals surface area (Å²) in [5.74, 6) is 1.64. The highest BCUT2D eigenvalue weighted by atomic mass is 16.1. The maximum atomic E-state index is 12.3. The molecule has 1 N–H and O–H groups in total. The van der Waals surface area contributed by atoms with Crippen LogP contribution in [-0.2, 0) is 19.5 Å². The molecule has 1 amide bonds. The zero-order valence-electron chi connectivity index (χ0n) is 12.7. The highest BCUT2D eigenvalue weighted by molar-refractivity contribution is 5.94. The summed E-state index contributed by atoms with van der Waals surface area (Å²) < 4.78 is 2.11. The molecule has 0 spiro atoms. The number of hydrogen-bond donors (Lipinski definition) is 1. The number of para-hydroxylation sites is 1. The first-order chi connectivity index (χ1) is 11.3. The molecule has 1 aliphatic rings. The number of rotatable bonds is 3. The number of nitrogens with zero attached hydrogens (tertiary/aromatic N) is 4. The first kappa shape index (κ1) is 13.9. The van der Waals surface area contributed by atoms with Gasteiger partial charge in [-0.1, -0.05) is 24.3 Å². The highest BCUT2D eigenvalue weighted by Gasteiger charge is 2.16. The molecule has 0 aliphatic carbocycles. The topological polar surface area (TPSA) is 72.7 Å². The molecule has 0 fully saturated rings. The molecule has 0 radical (unpaired) electrons. The third-order valence-electron chi connectivity index (χ3n) is 4.17. The van der Waals surface area contributed by atoms with Crippen molar-refractivity contribution in [3.05, 3.63) is 53.7 Å². The molecule has 1 aromatic carbocycles. The van der Waals surface area contributed by atoms with Gasteiger partial charge in [0.2, 0.25) is 0 Å². The smallest absolute Gasteiger partial charge is 0.270 e. The Balaban J connectivity index is 1.50. The summed E-state index contributed by atoms with van der Waals surface area (Å²) in [6, 6.07) is 11.4. The molecule has 6 heteroatoms. The average Bonchev–Trinajstić information content (AvgIpc) is 3.02. The number of pyridine rings is 1. The van der Waals surface area contributed by atoms with Crippen molar-refractivity contribution < 1.29 is 4.79 Å². The molecule has 0 saturated heterocycles. The number of benzene rings is 1. The third kappa shape index (κ3) is 2.67. The summed E-state index contributed by atoms with van der Waals surface area (Å²) in [7, 11) is 0. The number of carbonyl (C=O) groups excluding carboxylic acids is 1. The van der Waals surface area contributed by atoms with Gasteiger partial charge in [0.1, 0.15) is 11.5 Å². The molecular weight excluding hydrogens is 290 g/mol. The maximum absolute atomic E-state index is 12.3. The second-order valence-electron chi connectivity index (χ2n) is 5.71. The minimum Gasteiger partial charge on any atom is -0.343 e. The van der Waals surface area contributed by atoms with Crippen LogP contribution in [0.15, 0.2) is 36.4 Å². The van der Waals surface area contributed by atoms with Gasteiger partial charge in [-0.05, 0) is 25.0 Å². The quantitative estimate of drug-likeness (QED) is 0.804. The van der Waals surface area contributed by atoms with Crippen molar-refractivity contribution in [1.29, 1.82) is 0 Å². The van der Waals surface area contributed by atoms with Crippen molar-refractivity contribution in [1.82, 2.24) is 25.1 Å². The fourth-order valence-electron chi connectivity index (χ4n) is 2.94. The fourth-order valence-corrected chi connectivity index (χ4v) is 2.94. The molecule has 4 rings (SSSR count). The monoisotopic (exact) mass is 307 g/mol. The van der Waals surface area contributed by atoms with Crippen LogP contribution < -0.4 is 5.32 Å². The predicted molar refractivity (Wildman–Crippen MR) is 85.9 cm³/mol. The molecule has 116 valence electrons. The van der Waals surface area contributed by atoms with Crippen LogP contribution >= 0.6 is 0 Å². The summed E-state index contributed by atoms with van der Waals surface area (Å²) >= 11 is 0. The molecule has 3 aromatic rings. The van der Waals surface area contributed by atoms with Gasteiger partial charge in [0.25, 0.3) is 5.91 Å². The Kier molecular flexibility index (Phi) is 3.49. The average molecular weight is 307 g/mol. The van der Waals surface area contributed by atoms with Crippen molar-refractivity contribution in [2.75, 3.05) is 0 Å². The summed E-state index contributed by atoms with van der Waals surface area (Å²) in [5, 5.41) is 12.3. The van der Waals surface area contributed by atoms with Gasteiger partial charge in [-0.3, -0.25) is 4.79 Å². The number of fused-ring (bicyclic) bond motifs is 2. The van der Waals surface area contributed by atoms with Gasteiger partial charge < -0.3 is 9.88 Å². The van der Waals surface area contributed by atoms with Crippen LogP contribution in [0.1, 0.15) is 35.0 Å². The normalized spacial score (nSPS) is 13.7. The van der Waals surface area contributed by atoms with E-state index in [0.29, 0.717) is 12.2 Å². The second-order valence-corrected chi connectivity index (χ2v) is 5.71. The van der Waals surface area contributed by atoms with E-state index in [9.17, 15) is 4.79 Å². The molecule has 2 aromatic heterocycles. The highest BCUT2D eigenvalue weighted by Crippen LogP contribution is 2.14. The zero-order valence-corrected chi connectivity index (χ0v) is 12.7. The van der Waals surface area contributed by atoms with Gasteiger partial charge in [0.05, 0.1) is 12.1 Å². The molecule has 3 heterocycles. The van der Waals surface area contributed by atoms with Crippen LogP contribution in [0, 0.1) is 0 Å². The minimum atomic E-state index is -0.191. The second kappa shape index (κ2) is 5.79. The summed E-state index contributed by atoms with van der Waals surface area (Å²) in [6.07, 6.45) is 3.26. The lowest BCUT2D eigenvalue weighted by atomic mass is 10.1. The van der Waals surface area contributed by atoms with Gasteiger partial charge in [0, 0.05) is 18.4 Å². The van der Waals surface area contributed by atoms with Gasteiger partial charge in [0.15, 0.2) is 5.82 Å². The van der Waals surface area contributed by atoms with E-state index >= 15 is 0 Å². The number of aromatic nitrogens is 4. The molecule has 0 saturated carbocycles. The van der Waals surface area contributed by atoms with E-state index in [-0.39, 0.29) is 5.91 Å². The van der Waals surface area contributed by atoms with E-state index in [1.54, 1.807) is 6.07 Å². The SMILES string of the molecule is O=C(NCc1nnc2n1CCCC2)c1ccc2ccccc2n1. The molecular formula is C17H17N5O. The van der Waals surface area contributed by atoms with Crippen LogP contribution in [0.4, 0.5) is 0 Å². The molecule has 0 bridgehead atoms. The first-order valence-electron chi connectivity index (χ1n) is 7.86. The van der Waals surface area contributed by atoms with E-state index in [0.717, 1.165) is 48.4 Å². The lowest BCUT2D eigenvalue weighted by Crippen LogP contribution is -2.26. The van der Waals surface area contributed by atoms with Crippen LogP contribution in [0.3, 0.4) is 0 Å². The lowest BCUT2D eigenvalue weighted by Gasteiger charge is -2.14. The Morgan fingerprint density at radius 2 is 2.04 bits per heavy atom. The molecule has 23 heavy (non-hydrogen) atoms.